The van der Waals surface area contributed by atoms with Crippen LogP contribution >= 0.6 is 0 Å². The fourth-order valence-corrected chi connectivity index (χ4v) is 3.50. The molecule has 0 aliphatic carbocycles. The molecule has 0 saturated carbocycles. The van der Waals surface area contributed by atoms with Crippen LogP contribution in [0.3, 0.4) is 0 Å². The molecule has 2 aromatic carbocycles. The molecule has 2 aromatic rings. The third-order valence-electron chi connectivity index (χ3n) is 4.42. The number of fused-ring (bicyclic) bond motifs is 1. The van der Waals surface area contributed by atoms with Crippen molar-refractivity contribution in [3.05, 3.63) is 47.5 Å². The minimum Gasteiger partial charge on any atom is -0.288 e. The fraction of sp³-hybridized carbons (Fsp3) is 0.421. The second-order valence-corrected chi connectivity index (χ2v) is 6.88. The standard InChI is InChI=1S/C19H21F3N2O/c1-12(2)11-14-7-3-5-13-6-4-8-15(17(13)14)18(19(20,21)22)24-10-9-16(25)23-24/h3-8,12,18H,9-11H2,1-2H3,(H,23,25)/t18-/m0/s1. The summed E-state index contributed by atoms with van der Waals surface area (Å²) in [6, 6.07) is 8.75. The number of benzene rings is 2. The molecule has 0 unspecified atom stereocenters. The zero-order valence-corrected chi connectivity index (χ0v) is 14.2. The Kier molecular flexibility index (Phi) is 4.73. The summed E-state index contributed by atoms with van der Waals surface area (Å²) in [6.45, 7) is 4.14. The number of rotatable bonds is 4. The zero-order chi connectivity index (χ0) is 18.2. The van der Waals surface area contributed by atoms with E-state index in [4.69, 9.17) is 0 Å². The first-order valence-electron chi connectivity index (χ1n) is 8.40. The molecule has 134 valence electrons. The molecule has 1 aliphatic rings. The first kappa shape index (κ1) is 17.7. The van der Waals surface area contributed by atoms with Gasteiger partial charge in [0.05, 0.1) is 0 Å². The number of carbonyl (C=O) groups excluding carboxylic acids is 1. The van der Waals surface area contributed by atoms with Crippen molar-refractivity contribution in [2.75, 3.05) is 6.54 Å². The molecule has 0 bridgehead atoms. The topological polar surface area (TPSA) is 32.3 Å². The van der Waals surface area contributed by atoms with Gasteiger partial charge in [-0.3, -0.25) is 10.2 Å². The average Bonchev–Trinajstić information content (AvgIpc) is 2.91. The average molecular weight is 350 g/mol. The largest absolute Gasteiger partial charge is 0.409 e. The Morgan fingerprint density at radius 2 is 1.84 bits per heavy atom. The van der Waals surface area contributed by atoms with Gasteiger partial charge in [-0.1, -0.05) is 50.2 Å². The molecule has 3 rings (SSSR count). The Balaban J connectivity index is 2.19. The van der Waals surface area contributed by atoms with Gasteiger partial charge >= 0.3 is 6.18 Å². The molecule has 1 aliphatic heterocycles. The van der Waals surface area contributed by atoms with Crippen molar-refractivity contribution >= 4 is 16.7 Å². The van der Waals surface area contributed by atoms with E-state index in [0.29, 0.717) is 17.7 Å². The minimum atomic E-state index is -4.49. The third kappa shape index (κ3) is 3.63. The SMILES string of the molecule is CC(C)Cc1cccc2cccc([C@H](N3CCC(=O)N3)C(F)(F)F)c12. The zero-order valence-electron chi connectivity index (χ0n) is 14.2. The summed E-state index contributed by atoms with van der Waals surface area (Å²) in [4.78, 5) is 11.5. The third-order valence-corrected chi connectivity index (χ3v) is 4.42. The second kappa shape index (κ2) is 6.67. The van der Waals surface area contributed by atoms with Crippen molar-refractivity contribution in [3.63, 3.8) is 0 Å². The number of halogens is 3. The lowest BCUT2D eigenvalue weighted by molar-refractivity contribution is -0.190. The number of nitrogens with zero attached hydrogens (tertiary/aromatic N) is 1. The number of carbonyl (C=O) groups is 1. The minimum absolute atomic E-state index is 0.0474. The van der Waals surface area contributed by atoms with Gasteiger partial charge in [0.2, 0.25) is 5.91 Å². The first-order valence-corrected chi connectivity index (χ1v) is 8.40. The number of hydrazine groups is 1. The van der Waals surface area contributed by atoms with Gasteiger partial charge in [-0.05, 0) is 34.2 Å². The molecule has 25 heavy (non-hydrogen) atoms. The molecule has 1 N–H and O–H groups in total. The summed E-state index contributed by atoms with van der Waals surface area (Å²) in [5, 5.41) is 2.45. The summed E-state index contributed by atoms with van der Waals surface area (Å²) in [7, 11) is 0. The van der Waals surface area contributed by atoms with Crippen LogP contribution in [0.1, 0.15) is 37.4 Å². The van der Waals surface area contributed by atoms with E-state index in [9.17, 15) is 18.0 Å². The summed E-state index contributed by atoms with van der Waals surface area (Å²) in [5.41, 5.74) is 3.46. The van der Waals surface area contributed by atoms with Crippen LogP contribution in [0.4, 0.5) is 13.2 Å². The predicted octanol–water partition coefficient (Wildman–Crippen LogP) is 4.38. The van der Waals surface area contributed by atoms with Crippen molar-refractivity contribution < 1.29 is 18.0 Å². The molecule has 1 saturated heterocycles. The maximum Gasteiger partial charge on any atom is 0.409 e. The normalized spacial score (nSPS) is 17.3. The van der Waals surface area contributed by atoms with Crippen LogP contribution in [-0.4, -0.2) is 23.6 Å². The predicted molar refractivity (Wildman–Crippen MR) is 90.8 cm³/mol. The summed E-state index contributed by atoms with van der Waals surface area (Å²) in [6.07, 6.45) is -3.71. The first-order chi connectivity index (χ1) is 11.8. The highest BCUT2D eigenvalue weighted by Gasteiger charge is 2.47. The van der Waals surface area contributed by atoms with E-state index in [1.165, 1.54) is 6.07 Å². The van der Waals surface area contributed by atoms with Gasteiger partial charge in [0.1, 0.15) is 0 Å². The monoisotopic (exact) mass is 350 g/mol. The Hall–Kier alpha value is -2.08. The van der Waals surface area contributed by atoms with Crippen molar-refractivity contribution in [1.29, 1.82) is 0 Å². The van der Waals surface area contributed by atoms with Crippen molar-refractivity contribution in [3.8, 4) is 0 Å². The van der Waals surface area contributed by atoms with Gasteiger partial charge < -0.3 is 0 Å². The van der Waals surface area contributed by atoms with Gasteiger partial charge in [-0.25, -0.2) is 5.01 Å². The van der Waals surface area contributed by atoms with E-state index in [-0.39, 0.29) is 24.4 Å². The van der Waals surface area contributed by atoms with Gasteiger partial charge in [0.15, 0.2) is 6.04 Å². The van der Waals surface area contributed by atoms with Crippen molar-refractivity contribution in [2.24, 2.45) is 5.92 Å². The quantitative estimate of drug-likeness (QED) is 0.888. The molecular formula is C19H21F3N2O. The summed E-state index contributed by atoms with van der Waals surface area (Å²) in [5.74, 6) is -0.0497. The molecule has 1 fully saturated rings. The molecule has 0 radical (unpaired) electrons. The number of hydrogen-bond acceptors (Lipinski definition) is 2. The van der Waals surface area contributed by atoms with E-state index < -0.39 is 12.2 Å². The lowest BCUT2D eigenvalue weighted by Crippen LogP contribution is -2.43. The Morgan fingerprint density at radius 3 is 2.40 bits per heavy atom. The van der Waals surface area contributed by atoms with Crippen LogP contribution in [0, 0.1) is 5.92 Å². The number of amides is 1. The highest BCUT2D eigenvalue weighted by Crippen LogP contribution is 2.41. The molecule has 3 nitrogen and oxygen atoms in total. The maximum atomic E-state index is 13.9. The Labute approximate surface area is 144 Å². The molecule has 0 spiro atoms. The van der Waals surface area contributed by atoms with E-state index in [1.807, 2.05) is 38.1 Å². The lowest BCUT2D eigenvalue weighted by atomic mass is 9.90. The number of hydrogen-bond donors (Lipinski definition) is 1. The van der Waals surface area contributed by atoms with Crippen LogP contribution in [0.5, 0.6) is 0 Å². The second-order valence-electron chi connectivity index (χ2n) is 6.88. The number of alkyl halides is 3. The highest BCUT2D eigenvalue weighted by molar-refractivity contribution is 5.89. The molecule has 0 aromatic heterocycles. The molecule has 1 atom stereocenters. The molecule has 6 heteroatoms. The van der Waals surface area contributed by atoms with E-state index in [1.54, 1.807) is 6.07 Å². The van der Waals surface area contributed by atoms with Crippen LogP contribution in [0.15, 0.2) is 36.4 Å². The van der Waals surface area contributed by atoms with Gasteiger partial charge in [-0.15, -0.1) is 0 Å². The summed E-state index contributed by atoms with van der Waals surface area (Å²) < 4.78 is 41.7. The molecular weight excluding hydrogens is 329 g/mol. The van der Waals surface area contributed by atoms with E-state index >= 15 is 0 Å². The number of nitrogens with one attached hydrogen (secondary N) is 1. The Morgan fingerprint density at radius 1 is 1.16 bits per heavy atom. The van der Waals surface area contributed by atoms with Crippen LogP contribution in [0.2, 0.25) is 0 Å². The molecule has 1 heterocycles. The molecule has 1 amide bonds. The summed E-state index contributed by atoms with van der Waals surface area (Å²) >= 11 is 0. The van der Waals surface area contributed by atoms with Gasteiger partial charge in [-0.2, -0.15) is 13.2 Å². The Bertz CT molecular complexity index is 781. The van der Waals surface area contributed by atoms with Gasteiger partial charge in [0.25, 0.3) is 0 Å². The van der Waals surface area contributed by atoms with E-state index in [2.05, 4.69) is 5.43 Å². The van der Waals surface area contributed by atoms with E-state index in [0.717, 1.165) is 16.0 Å². The van der Waals surface area contributed by atoms with Crippen molar-refractivity contribution in [2.45, 2.75) is 38.9 Å². The van der Waals surface area contributed by atoms with Crippen LogP contribution in [-0.2, 0) is 11.2 Å². The van der Waals surface area contributed by atoms with Crippen LogP contribution < -0.4 is 5.43 Å². The van der Waals surface area contributed by atoms with Crippen LogP contribution in [0.25, 0.3) is 10.8 Å². The van der Waals surface area contributed by atoms with Crippen molar-refractivity contribution in [1.82, 2.24) is 10.4 Å². The maximum absolute atomic E-state index is 13.9. The smallest absolute Gasteiger partial charge is 0.288 e. The fourth-order valence-electron chi connectivity index (χ4n) is 3.50. The lowest BCUT2D eigenvalue weighted by Gasteiger charge is -2.30. The highest BCUT2D eigenvalue weighted by atomic mass is 19.4. The van der Waals surface area contributed by atoms with Gasteiger partial charge in [0, 0.05) is 13.0 Å².